The number of fused-ring (bicyclic) bond motifs is 3. The summed E-state index contributed by atoms with van der Waals surface area (Å²) < 4.78 is 10.7. The molecule has 2 atom stereocenters. The van der Waals surface area contributed by atoms with Gasteiger partial charge >= 0.3 is 21.1 Å². The topological polar surface area (TPSA) is 44.9 Å². The fourth-order valence-corrected chi connectivity index (χ4v) is 7.50. The SMILES string of the molecule is CCCC(C)c1cccc(C(C)CCC)c1-c1cnn(-c2[c-]c(Oc3[c-]c4c(cc3)c3ccccc3n4-c3cc(C)ccn3)cc(C(C)C)c2)c1.[Pt+2]. The zero-order valence-electron chi connectivity index (χ0n) is 31.3. The second-order valence-electron chi connectivity index (χ2n) is 14.4. The van der Waals surface area contributed by atoms with Crippen molar-refractivity contribution >= 4 is 21.8 Å². The molecule has 0 bridgehead atoms. The van der Waals surface area contributed by atoms with E-state index < -0.39 is 0 Å². The van der Waals surface area contributed by atoms with Gasteiger partial charge in [0.05, 0.1) is 6.20 Å². The molecule has 3 aromatic heterocycles. The molecule has 2 unspecified atom stereocenters. The minimum Gasteiger partial charge on any atom is -0.509 e. The first kappa shape index (κ1) is 37.3. The number of para-hydroxylation sites is 1. The number of hydrogen-bond donors (Lipinski definition) is 0. The van der Waals surface area contributed by atoms with E-state index in [9.17, 15) is 0 Å². The molecule has 0 saturated heterocycles. The fraction of sp³-hybridized carbons (Fsp3) is 0.304. The number of hydrogen-bond acceptors (Lipinski definition) is 3. The van der Waals surface area contributed by atoms with Gasteiger partial charge in [0, 0.05) is 35.0 Å². The average Bonchev–Trinajstić information content (AvgIpc) is 3.75. The maximum absolute atomic E-state index is 6.61. The second-order valence-corrected chi connectivity index (χ2v) is 14.4. The Labute approximate surface area is 323 Å². The van der Waals surface area contributed by atoms with Gasteiger partial charge in [0.25, 0.3) is 0 Å². The van der Waals surface area contributed by atoms with Crippen molar-refractivity contribution in [2.75, 3.05) is 0 Å². The van der Waals surface area contributed by atoms with Crippen LogP contribution < -0.4 is 4.74 Å². The van der Waals surface area contributed by atoms with Crippen molar-refractivity contribution in [2.45, 2.75) is 91.9 Å². The van der Waals surface area contributed by atoms with Crippen LogP contribution in [0.15, 0.2) is 97.5 Å². The molecule has 4 aromatic carbocycles. The van der Waals surface area contributed by atoms with E-state index in [0.717, 1.165) is 75.7 Å². The van der Waals surface area contributed by atoms with Crippen LogP contribution in [-0.2, 0) is 21.1 Å². The van der Waals surface area contributed by atoms with E-state index in [2.05, 4.69) is 138 Å². The average molecular weight is 868 g/mol. The van der Waals surface area contributed by atoms with Gasteiger partial charge in [-0.15, -0.1) is 41.3 Å². The minimum absolute atomic E-state index is 0. The molecule has 0 aliphatic carbocycles. The van der Waals surface area contributed by atoms with Crippen molar-refractivity contribution < 1.29 is 25.8 Å². The molecule has 268 valence electrons. The summed E-state index contributed by atoms with van der Waals surface area (Å²) in [5.41, 5.74) is 10.5. The summed E-state index contributed by atoms with van der Waals surface area (Å²) in [6.45, 7) is 15.8. The Bertz CT molecular complexity index is 2290. The monoisotopic (exact) mass is 867 g/mol. The number of aryl methyl sites for hydroxylation is 1. The molecule has 0 spiro atoms. The molecule has 7 aromatic rings. The molecule has 6 heteroatoms. The normalized spacial score (nSPS) is 12.7. The van der Waals surface area contributed by atoms with Gasteiger partial charge in [-0.1, -0.05) is 96.3 Å². The van der Waals surface area contributed by atoms with Crippen molar-refractivity contribution in [3.8, 4) is 34.1 Å². The third-order valence-corrected chi connectivity index (χ3v) is 10.2. The molecule has 0 aliphatic heterocycles. The van der Waals surface area contributed by atoms with Crippen LogP contribution in [0.25, 0.3) is 44.4 Å². The Hall–Kier alpha value is -4.47. The van der Waals surface area contributed by atoms with E-state index in [4.69, 9.17) is 14.8 Å². The summed E-state index contributed by atoms with van der Waals surface area (Å²) in [5.74, 6) is 3.33. The van der Waals surface area contributed by atoms with Gasteiger partial charge in [0.15, 0.2) is 0 Å². The van der Waals surface area contributed by atoms with Crippen LogP contribution in [0.3, 0.4) is 0 Å². The molecule has 0 radical (unpaired) electrons. The number of nitrogens with zero attached hydrogens (tertiary/aromatic N) is 4. The number of pyridine rings is 1. The third-order valence-electron chi connectivity index (χ3n) is 10.2. The van der Waals surface area contributed by atoms with E-state index in [1.54, 1.807) is 0 Å². The summed E-state index contributed by atoms with van der Waals surface area (Å²) >= 11 is 0. The standard InChI is InChI=1S/C46H48N4O.Pt/c1-8-13-32(6)39-16-12-17-40(33(7)14-9-2)46(39)35-28-48-49(29-35)36-24-34(30(3)4)25-38(26-36)51-37-19-20-42-41-15-10-11-18-43(41)50(44(42)27-37)45-23-31(5)21-22-47-45;/h10-12,15-25,28-30,32-33H,8-9,13-14H2,1-7H3;/q-2;+2. The van der Waals surface area contributed by atoms with Gasteiger partial charge in [-0.3, -0.25) is 4.68 Å². The van der Waals surface area contributed by atoms with Crippen LogP contribution >= 0.6 is 0 Å². The first-order valence-electron chi connectivity index (χ1n) is 18.6. The molecule has 0 amide bonds. The molecule has 0 N–H and O–H groups in total. The summed E-state index contributed by atoms with van der Waals surface area (Å²) in [5, 5.41) is 7.19. The molecule has 5 nitrogen and oxygen atoms in total. The summed E-state index contributed by atoms with van der Waals surface area (Å²) in [7, 11) is 0. The van der Waals surface area contributed by atoms with E-state index in [0.29, 0.717) is 23.3 Å². The van der Waals surface area contributed by atoms with E-state index in [-0.39, 0.29) is 27.0 Å². The van der Waals surface area contributed by atoms with Crippen molar-refractivity contribution in [3.05, 3.63) is 132 Å². The molecular formula is C46H48N4OPt. The van der Waals surface area contributed by atoms with Crippen molar-refractivity contribution in [1.29, 1.82) is 0 Å². The minimum atomic E-state index is 0. The zero-order valence-corrected chi connectivity index (χ0v) is 33.6. The smallest absolute Gasteiger partial charge is 0.509 e. The van der Waals surface area contributed by atoms with Crippen LogP contribution in [0.5, 0.6) is 11.5 Å². The van der Waals surface area contributed by atoms with E-state index in [1.165, 1.54) is 16.7 Å². The number of benzene rings is 4. The number of rotatable bonds is 12. The second kappa shape index (κ2) is 16.0. The Morgan fingerprint density at radius 3 is 2.19 bits per heavy atom. The first-order valence-corrected chi connectivity index (χ1v) is 18.6. The first-order chi connectivity index (χ1) is 24.7. The van der Waals surface area contributed by atoms with Crippen molar-refractivity contribution in [2.24, 2.45) is 0 Å². The van der Waals surface area contributed by atoms with Crippen LogP contribution in [0.1, 0.15) is 107 Å². The largest absolute Gasteiger partial charge is 2.00 e. The van der Waals surface area contributed by atoms with Crippen molar-refractivity contribution in [1.82, 2.24) is 19.3 Å². The molecule has 3 heterocycles. The number of ether oxygens (including phenoxy) is 1. The maximum Gasteiger partial charge on any atom is 2.00 e. The quantitative estimate of drug-likeness (QED) is 0.115. The predicted molar refractivity (Wildman–Crippen MR) is 211 cm³/mol. The van der Waals surface area contributed by atoms with Gasteiger partial charge in [-0.05, 0) is 89.0 Å². The fourth-order valence-electron chi connectivity index (χ4n) is 7.50. The van der Waals surface area contributed by atoms with Crippen LogP contribution in [0.2, 0.25) is 0 Å². The maximum atomic E-state index is 6.61. The van der Waals surface area contributed by atoms with Gasteiger partial charge in [-0.2, -0.15) is 11.2 Å². The van der Waals surface area contributed by atoms with Crippen molar-refractivity contribution in [3.63, 3.8) is 0 Å². The predicted octanol–water partition coefficient (Wildman–Crippen LogP) is 12.7. The molecule has 0 fully saturated rings. The van der Waals surface area contributed by atoms with Gasteiger partial charge in [0.1, 0.15) is 5.82 Å². The van der Waals surface area contributed by atoms with Crippen LogP contribution in [0, 0.1) is 19.1 Å². The summed E-state index contributed by atoms with van der Waals surface area (Å²) in [4.78, 5) is 4.73. The Balaban J connectivity index is 0.00000464. The molecule has 0 saturated carbocycles. The Kier molecular flexibility index (Phi) is 11.5. The third kappa shape index (κ3) is 7.39. The summed E-state index contributed by atoms with van der Waals surface area (Å²) in [6, 6.07) is 34.9. The molecule has 0 aliphatic rings. The van der Waals surface area contributed by atoms with Gasteiger partial charge in [0.2, 0.25) is 0 Å². The van der Waals surface area contributed by atoms with Gasteiger partial charge in [-0.25, -0.2) is 4.98 Å². The molecule has 7 rings (SSSR count). The number of aromatic nitrogens is 4. The molecule has 52 heavy (non-hydrogen) atoms. The van der Waals surface area contributed by atoms with Crippen LogP contribution in [0.4, 0.5) is 0 Å². The molecular weight excluding hydrogens is 820 g/mol. The zero-order chi connectivity index (χ0) is 35.6. The van der Waals surface area contributed by atoms with Crippen LogP contribution in [-0.4, -0.2) is 19.3 Å². The summed E-state index contributed by atoms with van der Waals surface area (Å²) in [6.07, 6.45) is 10.7. The van der Waals surface area contributed by atoms with E-state index in [1.807, 2.05) is 29.2 Å². The Morgan fingerprint density at radius 2 is 1.50 bits per heavy atom. The van der Waals surface area contributed by atoms with E-state index >= 15 is 0 Å². The Morgan fingerprint density at radius 1 is 0.769 bits per heavy atom. The van der Waals surface area contributed by atoms with Gasteiger partial charge < -0.3 is 9.30 Å².